The van der Waals surface area contributed by atoms with Gasteiger partial charge in [0.1, 0.15) is 17.9 Å². The van der Waals surface area contributed by atoms with Crippen LogP contribution in [0, 0.1) is 11.7 Å². The molecule has 3 rings (SSSR count). The number of carbonyl (C=O) groups is 2. The lowest BCUT2D eigenvalue weighted by Gasteiger charge is -2.36. The summed E-state index contributed by atoms with van der Waals surface area (Å²) in [5, 5.41) is 3.12. The summed E-state index contributed by atoms with van der Waals surface area (Å²) in [6.45, 7) is 4.11. The second-order valence-electron chi connectivity index (χ2n) is 7.11. The molecule has 2 N–H and O–H groups in total. The van der Waals surface area contributed by atoms with Crippen molar-refractivity contribution in [2.24, 2.45) is 5.92 Å². The predicted octanol–water partition coefficient (Wildman–Crippen LogP) is 3.45. The van der Waals surface area contributed by atoms with E-state index < -0.39 is 29.9 Å². The van der Waals surface area contributed by atoms with Crippen molar-refractivity contribution >= 4 is 23.6 Å². The molecule has 2 amide bonds. The van der Waals surface area contributed by atoms with Crippen LogP contribution in [-0.4, -0.2) is 46.6 Å². The van der Waals surface area contributed by atoms with Gasteiger partial charge in [-0.3, -0.25) is 0 Å². The van der Waals surface area contributed by atoms with Crippen LogP contribution in [0.5, 0.6) is 0 Å². The summed E-state index contributed by atoms with van der Waals surface area (Å²) in [5.74, 6) is -1.13. The standard InChI is InChI=1S/C20H24ClFN4O3/c1-4-11(2)16(19(27)29-3)25-20(28)26-8-7-15-17(24-10-23-15)18(26)13-9-12(21)5-6-14(13)22/h5-6,9-11,16,18H,4,7-8H2,1-3H3,(H,23,24)(H,25,28)/t11-,16+,18+/m0/s1. The zero-order chi connectivity index (χ0) is 21.1. The molecule has 2 heterocycles. The minimum absolute atomic E-state index is 0.126. The number of H-pyrrole nitrogens is 1. The molecule has 3 atom stereocenters. The van der Waals surface area contributed by atoms with E-state index in [4.69, 9.17) is 16.3 Å². The lowest BCUT2D eigenvalue weighted by Crippen LogP contribution is -2.53. The average Bonchev–Trinajstić information content (AvgIpc) is 3.20. The van der Waals surface area contributed by atoms with Gasteiger partial charge in [-0.1, -0.05) is 31.9 Å². The highest BCUT2D eigenvalue weighted by Gasteiger charge is 2.38. The number of carbonyl (C=O) groups excluding carboxylic acids is 2. The Labute approximate surface area is 173 Å². The second kappa shape index (κ2) is 8.82. The molecule has 1 aromatic heterocycles. The number of fused-ring (bicyclic) bond motifs is 1. The number of aromatic nitrogens is 2. The van der Waals surface area contributed by atoms with Gasteiger partial charge in [-0.2, -0.15) is 0 Å². The number of nitrogens with zero attached hydrogens (tertiary/aromatic N) is 2. The summed E-state index contributed by atoms with van der Waals surface area (Å²) < 4.78 is 19.5. The summed E-state index contributed by atoms with van der Waals surface area (Å²) >= 11 is 6.09. The molecular formula is C20H24ClFN4O3. The lowest BCUT2D eigenvalue weighted by molar-refractivity contribution is -0.144. The van der Waals surface area contributed by atoms with Crippen LogP contribution < -0.4 is 5.32 Å². The molecule has 0 fully saturated rings. The first kappa shape index (κ1) is 21.1. The number of rotatable bonds is 5. The maximum atomic E-state index is 14.7. The van der Waals surface area contributed by atoms with Crippen LogP contribution in [-0.2, 0) is 16.0 Å². The van der Waals surface area contributed by atoms with Crippen LogP contribution >= 0.6 is 11.6 Å². The van der Waals surface area contributed by atoms with Crippen molar-refractivity contribution in [3.8, 4) is 0 Å². The molecule has 0 saturated carbocycles. The van der Waals surface area contributed by atoms with Crippen molar-refractivity contribution in [3.63, 3.8) is 0 Å². The van der Waals surface area contributed by atoms with E-state index in [-0.39, 0.29) is 11.5 Å². The number of imidazole rings is 1. The minimum atomic E-state index is -0.803. The zero-order valence-electron chi connectivity index (χ0n) is 16.5. The molecule has 29 heavy (non-hydrogen) atoms. The van der Waals surface area contributed by atoms with Gasteiger partial charge in [0.25, 0.3) is 0 Å². The Morgan fingerprint density at radius 2 is 2.24 bits per heavy atom. The Kier molecular flexibility index (Phi) is 6.42. The maximum absolute atomic E-state index is 14.7. The Morgan fingerprint density at radius 1 is 1.48 bits per heavy atom. The van der Waals surface area contributed by atoms with Gasteiger partial charge < -0.3 is 19.9 Å². The van der Waals surface area contributed by atoms with E-state index in [0.717, 1.165) is 5.69 Å². The van der Waals surface area contributed by atoms with Gasteiger partial charge in [-0.15, -0.1) is 0 Å². The van der Waals surface area contributed by atoms with E-state index in [2.05, 4.69) is 15.3 Å². The number of esters is 1. The molecule has 1 aromatic carbocycles. The Balaban J connectivity index is 1.97. The molecule has 0 spiro atoms. The molecule has 1 aliphatic rings. The third-order valence-corrected chi connectivity index (χ3v) is 5.62. The van der Waals surface area contributed by atoms with Crippen LogP contribution in [0.2, 0.25) is 5.02 Å². The molecule has 2 aromatic rings. The fraction of sp³-hybridized carbons (Fsp3) is 0.450. The molecular weight excluding hydrogens is 399 g/mol. The fourth-order valence-electron chi connectivity index (χ4n) is 3.55. The number of aromatic amines is 1. The first-order valence-corrected chi connectivity index (χ1v) is 9.87. The van der Waals surface area contributed by atoms with E-state index in [1.165, 1.54) is 36.5 Å². The molecule has 0 bridgehead atoms. The number of benzene rings is 1. The molecule has 0 radical (unpaired) electrons. The number of halogens is 2. The molecule has 9 heteroatoms. The number of methoxy groups -OCH3 is 1. The van der Waals surface area contributed by atoms with E-state index in [9.17, 15) is 14.0 Å². The van der Waals surface area contributed by atoms with Crippen molar-refractivity contribution in [1.29, 1.82) is 0 Å². The van der Waals surface area contributed by atoms with Gasteiger partial charge in [0, 0.05) is 29.2 Å². The van der Waals surface area contributed by atoms with E-state index >= 15 is 0 Å². The fourth-order valence-corrected chi connectivity index (χ4v) is 3.73. The van der Waals surface area contributed by atoms with Gasteiger partial charge in [0.2, 0.25) is 0 Å². The second-order valence-corrected chi connectivity index (χ2v) is 7.55. The van der Waals surface area contributed by atoms with E-state index in [1.54, 1.807) is 0 Å². The van der Waals surface area contributed by atoms with Crippen LogP contribution in [0.4, 0.5) is 9.18 Å². The third kappa shape index (κ3) is 4.22. The summed E-state index contributed by atoms with van der Waals surface area (Å²) in [6, 6.07) is 2.17. The number of nitrogens with one attached hydrogen (secondary N) is 2. The van der Waals surface area contributed by atoms with E-state index in [0.29, 0.717) is 30.1 Å². The maximum Gasteiger partial charge on any atom is 0.328 e. The van der Waals surface area contributed by atoms with Gasteiger partial charge in [-0.25, -0.2) is 19.0 Å². The van der Waals surface area contributed by atoms with E-state index in [1.807, 2.05) is 13.8 Å². The number of ether oxygens (including phenoxy) is 1. The van der Waals surface area contributed by atoms with Crippen molar-refractivity contribution < 1.29 is 18.7 Å². The monoisotopic (exact) mass is 422 g/mol. The van der Waals surface area contributed by atoms with Crippen molar-refractivity contribution in [2.45, 2.75) is 38.8 Å². The third-order valence-electron chi connectivity index (χ3n) is 5.39. The summed E-state index contributed by atoms with van der Waals surface area (Å²) in [4.78, 5) is 34.2. The zero-order valence-corrected chi connectivity index (χ0v) is 17.3. The number of amides is 2. The highest BCUT2D eigenvalue weighted by atomic mass is 35.5. The molecule has 0 unspecified atom stereocenters. The molecule has 7 nitrogen and oxygen atoms in total. The minimum Gasteiger partial charge on any atom is -0.467 e. The molecule has 156 valence electrons. The summed E-state index contributed by atoms with van der Waals surface area (Å²) in [6.07, 6.45) is 2.74. The first-order valence-electron chi connectivity index (χ1n) is 9.49. The molecule has 1 aliphatic heterocycles. The van der Waals surface area contributed by atoms with Crippen molar-refractivity contribution in [2.75, 3.05) is 13.7 Å². The average molecular weight is 423 g/mol. The van der Waals surface area contributed by atoms with Crippen molar-refractivity contribution in [1.82, 2.24) is 20.2 Å². The lowest BCUT2D eigenvalue weighted by atomic mass is 9.95. The van der Waals surface area contributed by atoms with Crippen LogP contribution in [0.3, 0.4) is 0 Å². The number of hydrogen-bond donors (Lipinski definition) is 2. The highest BCUT2D eigenvalue weighted by Crippen LogP contribution is 2.36. The Morgan fingerprint density at radius 3 is 2.93 bits per heavy atom. The number of urea groups is 1. The van der Waals surface area contributed by atoms with Crippen LogP contribution in [0.15, 0.2) is 24.5 Å². The van der Waals surface area contributed by atoms with Crippen molar-refractivity contribution in [3.05, 3.63) is 52.3 Å². The first-order chi connectivity index (χ1) is 13.9. The van der Waals surface area contributed by atoms with Gasteiger partial charge in [-0.05, 0) is 24.1 Å². The number of hydrogen-bond acceptors (Lipinski definition) is 4. The van der Waals surface area contributed by atoms with Gasteiger partial charge >= 0.3 is 12.0 Å². The Bertz CT molecular complexity index is 904. The van der Waals surface area contributed by atoms with Gasteiger partial charge in [0.15, 0.2) is 0 Å². The van der Waals surface area contributed by atoms with Crippen LogP contribution in [0.1, 0.15) is 43.3 Å². The summed E-state index contributed by atoms with van der Waals surface area (Å²) in [7, 11) is 1.28. The molecule has 0 saturated heterocycles. The summed E-state index contributed by atoms with van der Waals surface area (Å²) in [5.41, 5.74) is 1.65. The normalized spacial score (nSPS) is 18.0. The molecule has 0 aliphatic carbocycles. The van der Waals surface area contributed by atoms with Crippen LogP contribution in [0.25, 0.3) is 0 Å². The largest absolute Gasteiger partial charge is 0.467 e. The smallest absolute Gasteiger partial charge is 0.328 e. The topological polar surface area (TPSA) is 87.3 Å². The quantitative estimate of drug-likeness (QED) is 0.722. The highest BCUT2D eigenvalue weighted by molar-refractivity contribution is 6.30. The van der Waals surface area contributed by atoms with Gasteiger partial charge in [0.05, 0.1) is 19.1 Å². The predicted molar refractivity (Wildman–Crippen MR) is 106 cm³/mol. The SMILES string of the molecule is CC[C@H](C)[C@@H](NC(=O)N1CCc2[nH]cnc2[C@H]1c1cc(Cl)ccc1F)C(=O)OC. The Hall–Kier alpha value is -2.61.